The molecule has 0 spiro atoms. The average molecular weight is 699 g/mol. The fraction of sp³-hybridized carbons (Fsp3) is 0.515. The summed E-state index contributed by atoms with van der Waals surface area (Å²) in [6, 6.07) is 2.22. The molecule has 15 heteroatoms. The zero-order valence-electron chi connectivity index (χ0n) is 26.6. The molecule has 2 aliphatic rings. The lowest BCUT2D eigenvalue weighted by atomic mass is 9.80. The van der Waals surface area contributed by atoms with Gasteiger partial charge in [-0.3, -0.25) is 9.69 Å². The van der Waals surface area contributed by atoms with Crippen LogP contribution in [0.25, 0.3) is 10.6 Å². The number of carbonyl (C=O) groups is 2. The van der Waals surface area contributed by atoms with Gasteiger partial charge in [0.15, 0.2) is 5.82 Å². The highest BCUT2D eigenvalue weighted by molar-refractivity contribution is 7.13. The number of carbonyl (C=O) groups excluding carboxylic acids is 1. The minimum Gasteiger partial charge on any atom is -0.481 e. The zero-order valence-corrected chi connectivity index (χ0v) is 27.4. The number of halogens is 6. The molecule has 1 aliphatic heterocycles. The van der Waals surface area contributed by atoms with E-state index in [0.29, 0.717) is 42.4 Å². The molecule has 2 fully saturated rings. The third kappa shape index (κ3) is 8.04. The number of hydrogen-bond donors (Lipinski definition) is 1. The summed E-state index contributed by atoms with van der Waals surface area (Å²) >= 11 is 1.47. The summed E-state index contributed by atoms with van der Waals surface area (Å²) < 4.78 is 87.1. The number of amides is 1. The van der Waals surface area contributed by atoms with Crippen molar-refractivity contribution in [2.75, 3.05) is 18.0 Å². The average Bonchev–Trinajstić information content (AvgIpc) is 3.57. The summed E-state index contributed by atoms with van der Waals surface area (Å²) in [6.07, 6.45) is -7.32. The van der Waals surface area contributed by atoms with Crippen LogP contribution in [0.1, 0.15) is 80.0 Å². The highest BCUT2D eigenvalue weighted by Gasteiger charge is 2.44. The van der Waals surface area contributed by atoms with Crippen LogP contribution in [0.3, 0.4) is 0 Å². The Morgan fingerprint density at radius 2 is 1.67 bits per heavy atom. The predicted molar refractivity (Wildman–Crippen MR) is 166 cm³/mol. The summed E-state index contributed by atoms with van der Waals surface area (Å²) in [7, 11) is 0. The summed E-state index contributed by atoms with van der Waals surface area (Å²) in [5.41, 5.74) is -1.40. The number of aliphatic carboxylic acids is 1. The predicted octanol–water partition coefficient (Wildman–Crippen LogP) is 8.74. The van der Waals surface area contributed by atoms with Crippen molar-refractivity contribution in [3.63, 3.8) is 0 Å². The summed E-state index contributed by atoms with van der Waals surface area (Å²) in [4.78, 5) is 38.2. The van der Waals surface area contributed by atoms with Gasteiger partial charge < -0.3 is 14.7 Å². The molecule has 1 saturated heterocycles. The van der Waals surface area contributed by atoms with Crippen LogP contribution in [0, 0.1) is 18.8 Å². The molecule has 5 rings (SSSR count). The fourth-order valence-electron chi connectivity index (χ4n) is 6.48. The Bertz CT molecular complexity index is 1600. The van der Waals surface area contributed by atoms with Crippen molar-refractivity contribution in [2.24, 2.45) is 11.8 Å². The largest absolute Gasteiger partial charge is 0.481 e. The standard InChI is InChI=1S/C33H36F6N4O4S/c1-4-42(15-21-7-5-20(6-8-21)10-28(44)45)30-26(41-25(14-40-30)27-9-18(2)17-48-27)16-43-19(3)29(47-31(43)46)22-11-23(32(34,35)36)13-24(12-22)33(37,38)39/h9,11-14,17,19-21,29H,4-8,10,15-16H2,1-3H3,(H,44,45)/t19-,20?,21?,29-/m0/s1. The van der Waals surface area contributed by atoms with Crippen molar-refractivity contribution >= 4 is 29.2 Å². The number of cyclic esters (lactones) is 1. The van der Waals surface area contributed by atoms with E-state index in [0.717, 1.165) is 36.1 Å². The van der Waals surface area contributed by atoms with Crippen molar-refractivity contribution in [3.8, 4) is 10.6 Å². The Labute approximate surface area is 277 Å². The van der Waals surface area contributed by atoms with Crippen LogP contribution in [-0.4, -0.2) is 51.2 Å². The van der Waals surface area contributed by atoms with E-state index in [9.17, 15) is 41.0 Å². The van der Waals surface area contributed by atoms with Crippen LogP contribution in [0.5, 0.6) is 0 Å². The van der Waals surface area contributed by atoms with E-state index in [1.165, 1.54) is 23.2 Å². The molecule has 0 unspecified atom stereocenters. The van der Waals surface area contributed by atoms with Crippen LogP contribution in [0.15, 0.2) is 35.8 Å². The van der Waals surface area contributed by atoms with Crippen LogP contribution in [-0.2, 0) is 28.4 Å². The molecule has 8 nitrogen and oxygen atoms in total. The lowest BCUT2D eigenvalue weighted by molar-refractivity contribution is -0.143. The number of nitrogens with zero attached hydrogens (tertiary/aromatic N) is 4. The number of anilines is 1. The second-order valence-electron chi connectivity index (χ2n) is 12.5. The first-order valence-corrected chi connectivity index (χ1v) is 16.6. The maximum Gasteiger partial charge on any atom is 0.416 e. The number of rotatable bonds is 10. The van der Waals surface area contributed by atoms with E-state index in [2.05, 4.69) is 0 Å². The highest BCUT2D eigenvalue weighted by atomic mass is 32.1. The molecule has 0 bridgehead atoms. The third-order valence-corrected chi connectivity index (χ3v) is 10.1. The molecule has 0 radical (unpaired) electrons. The maximum absolute atomic E-state index is 13.6. The molecule has 48 heavy (non-hydrogen) atoms. The Morgan fingerprint density at radius 1 is 1.04 bits per heavy atom. The number of carboxylic acid groups (broad SMARTS) is 1. The van der Waals surface area contributed by atoms with Crippen LogP contribution < -0.4 is 4.90 Å². The minimum absolute atomic E-state index is 0.0420. The Balaban J connectivity index is 1.44. The lowest BCUT2D eigenvalue weighted by Gasteiger charge is -2.33. The third-order valence-electron chi connectivity index (χ3n) is 9.05. The molecule has 3 heterocycles. The van der Waals surface area contributed by atoms with Crippen molar-refractivity contribution in [3.05, 3.63) is 63.8 Å². The molecule has 260 valence electrons. The first kappa shape index (κ1) is 35.4. The van der Waals surface area contributed by atoms with Gasteiger partial charge in [0, 0.05) is 19.5 Å². The van der Waals surface area contributed by atoms with Gasteiger partial charge in [0.2, 0.25) is 0 Å². The van der Waals surface area contributed by atoms with Gasteiger partial charge in [-0.2, -0.15) is 26.3 Å². The van der Waals surface area contributed by atoms with Gasteiger partial charge in [-0.1, -0.05) is 0 Å². The molecule has 1 amide bonds. The van der Waals surface area contributed by atoms with E-state index >= 15 is 0 Å². The van der Waals surface area contributed by atoms with E-state index in [-0.39, 0.29) is 30.9 Å². The van der Waals surface area contributed by atoms with Crippen LogP contribution in [0.4, 0.5) is 37.0 Å². The minimum atomic E-state index is -5.05. The van der Waals surface area contributed by atoms with Gasteiger partial charge in [-0.15, -0.1) is 11.3 Å². The normalized spacial score (nSPS) is 21.8. The summed E-state index contributed by atoms with van der Waals surface area (Å²) in [5.74, 6) is 0.106. The molecule has 1 saturated carbocycles. The van der Waals surface area contributed by atoms with Crippen LogP contribution in [0.2, 0.25) is 0 Å². The molecule has 2 aromatic heterocycles. The highest BCUT2D eigenvalue weighted by Crippen LogP contribution is 2.42. The van der Waals surface area contributed by atoms with E-state index < -0.39 is 53.3 Å². The van der Waals surface area contributed by atoms with Gasteiger partial charge >= 0.3 is 24.4 Å². The lowest BCUT2D eigenvalue weighted by Crippen LogP contribution is -2.36. The van der Waals surface area contributed by atoms with Crippen LogP contribution >= 0.6 is 11.3 Å². The number of ether oxygens (including phenoxy) is 1. The molecule has 1 N–H and O–H groups in total. The number of hydrogen-bond acceptors (Lipinski definition) is 7. The van der Waals surface area contributed by atoms with Crippen molar-refractivity contribution < 1.29 is 45.8 Å². The number of thiophene rings is 1. The molecule has 1 aromatic carbocycles. The summed E-state index contributed by atoms with van der Waals surface area (Å²) in [6.45, 7) is 6.41. The fourth-order valence-corrected chi connectivity index (χ4v) is 7.34. The first-order valence-electron chi connectivity index (χ1n) is 15.7. The molecular formula is C33H36F6N4O4S. The number of benzene rings is 1. The van der Waals surface area contributed by atoms with Gasteiger partial charge in [0.1, 0.15) is 11.8 Å². The number of alkyl halides is 6. The SMILES string of the molecule is CCN(CC1CCC(CC(=O)O)CC1)c1ncc(-c2cc(C)cs2)nc1CN1C(=O)O[C@H](c2cc(C(F)(F)F)cc(C(F)(F)F)c2)[C@@H]1C. The van der Waals surface area contributed by atoms with Crippen molar-refractivity contribution in [2.45, 2.75) is 83.9 Å². The number of carboxylic acids is 1. The van der Waals surface area contributed by atoms with E-state index in [1.807, 2.05) is 30.2 Å². The van der Waals surface area contributed by atoms with Gasteiger partial charge in [0.25, 0.3) is 0 Å². The molecule has 1 aliphatic carbocycles. The molecule has 3 aromatic rings. The monoisotopic (exact) mass is 698 g/mol. The quantitative estimate of drug-likeness (QED) is 0.212. The smallest absolute Gasteiger partial charge is 0.416 e. The Morgan fingerprint density at radius 3 is 2.21 bits per heavy atom. The topological polar surface area (TPSA) is 95.9 Å². The molecular weight excluding hydrogens is 662 g/mol. The number of aryl methyl sites for hydroxylation is 1. The zero-order chi connectivity index (χ0) is 35.0. The van der Waals surface area contributed by atoms with Gasteiger partial charge in [-0.05, 0) is 99.1 Å². The summed E-state index contributed by atoms with van der Waals surface area (Å²) in [5, 5.41) is 11.1. The van der Waals surface area contributed by atoms with Gasteiger partial charge in [0.05, 0.1) is 40.5 Å². The Kier molecular flexibility index (Phi) is 10.3. The second-order valence-corrected chi connectivity index (χ2v) is 13.5. The van der Waals surface area contributed by atoms with Crippen molar-refractivity contribution in [1.29, 1.82) is 0 Å². The molecule has 2 atom stereocenters. The van der Waals surface area contributed by atoms with E-state index in [1.54, 1.807) is 6.20 Å². The van der Waals surface area contributed by atoms with Gasteiger partial charge in [-0.25, -0.2) is 14.8 Å². The first-order chi connectivity index (χ1) is 22.5. The van der Waals surface area contributed by atoms with Crippen molar-refractivity contribution in [1.82, 2.24) is 14.9 Å². The number of aromatic nitrogens is 2. The maximum atomic E-state index is 13.6. The van der Waals surface area contributed by atoms with E-state index in [4.69, 9.17) is 14.7 Å². The Hall–Kier alpha value is -3.88. The second kappa shape index (κ2) is 13.9.